The maximum atomic E-state index is 12.4. The predicted octanol–water partition coefficient (Wildman–Crippen LogP) is 2.44. The van der Waals surface area contributed by atoms with Crippen molar-refractivity contribution in [3.63, 3.8) is 0 Å². The molecule has 0 radical (unpaired) electrons. The summed E-state index contributed by atoms with van der Waals surface area (Å²) in [6.45, 7) is 1.70. The quantitative estimate of drug-likeness (QED) is 0.588. The molecule has 0 aromatic heterocycles. The summed E-state index contributed by atoms with van der Waals surface area (Å²) in [4.78, 5) is 25.6. The van der Waals surface area contributed by atoms with Gasteiger partial charge < -0.3 is 4.90 Å². The molecular formula is C12H18BrN2O2P. The Labute approximate surface area is 118 Å². The number of rotatable bonds is 3. The molecule has 2 aliphatic rings. The molecule has 3 unspecified atom stereocenters. The smallest absolute Gasteiger partial charge is 0.248 e. The number of amides is 1. The standard InChI is InChI=1S/C12H18BrN2O2P/c13-9-7-8(3-4-10(9)16)11(14-18)12(17)15-5-1-2-6-15/h8-9,11,18H,1-7H2. The van der Waals surface area contributed by atoms with Crippen molar-refractivity contribution < 1.29 is 9.59 Å². The van der Waals surface area contributed by atoms with Crippen molar-refractivity contribution in [2.45, 2.75) is 43.0 Å². The van der Waals surface area contributed by atoms with Crippen LogP contribution in [0.4, 0.5) is 0 Å². The van der Waals surface area contributed by atoms with Gasteiger partial charge in [0.05, 0.1) is 4.83 Å². The second kappa shape index (κ2) is 6.25. The first-order chi connectivity index (χ1) is 8.63. The summed E-state index contributed by atoms with van der Waals surface area (Å²) in [5, 5.41) is 0. The van der Waals surface area contributed by atoms with Gasteiger partial charge in [-0.2, -0.15) is 0 Å². The highest BCUT2D eigenvalue weighted by Crippen LogP contribution is 2.32. The molecule has 3 atom stereocenters. The third-order valence-corrected chi connectivity index (χ3v) is 5.04. The van der Waals surface area contributed by atoms with Gasteiger partial charge in [0, 0.05) is 19.5 Å². The molecule has 2 fully saturated rings. The van der Waals surface area contributed by atoms with Crippen LogP contribution in [0.5, 0.6) is 0 Å². The van der Waals surface area contributed by atoms with E-state index < -0.39 is 0 Å². The molecule has 4 nitrogen and oxygen atoms in total. The lowest BCUT2D eigenvalue weighted by Crippen LogP contribution is -2.42. The van der Waals surface area contributed by atoms with Crippen LogP contribution in [0, 0.1) is 5.92 Å². The van der Waals surface area contributed by atoms with E-state index in [1.54, 1.807) is 0 Å². The van der Waals surface area contributed by atoms with Gasteiger partial charge in [0.2, 0.25) is 5.91 Å². The predicted molar refractivity (Wildman–Crippen MR) is 75.4 cm³/mol. The van der Waals surface area contributed by atoms with Crippen LogP contribution in [0.25, 0.3) is 0 Å². The van der Waals surface area contributed by atoms with Gasteiger partial charge in [-0.05, 0) is 40.6 Å². The molecule has 1 heterocycles. The lowest BCUT2D eigenvalue weighted by molar-refractivity contribution is -0.133. The van der Waals surface area contributed by atoms with Crippen molar-refractivity contribution >= 4 is 36.7 Å². The van der Waals surface area contributed by atoms with Crippen molar-refractivity contribution in [3.05, 3.63) is 0 Å². The van der Waals surface area contributed by atoms with E-state index in [2.05, 4.69) is 29.7 Å². The van der Waals surface area contributed by atoms with Crippen LogP contribution < -0.4 is 0 Å². The van der Waals surface area contributed by atoms with E-state index in [9.17, 15) is 9.59 Å². The van der Waals surface area contributed by atoms with Crippen LogP contribution in [0.1, 0.15) is 32.1 Å². The maximum Gasteiger partial charge on any atom is 0.248 e. The van der Waals surface area contributed by atoms with Crippen molar-refractivity contribution in [1.29, 1.82) is 0 Å². The molecule has 1 saturated heterocycles. The van der Waals surface area contributed by atoms with Crippen molar-refractivity contribution in [2.24, 2.45) is 10.7 Å². The summed E-state index contributed by atoms with van der Waals surface area (Å²) >= 11 is 3.39. The number of ketones is 1. The Morgan fingerprint density at radius 3 is 2.67 bits per heavy atom. The molecule has 2 rings (SSSR count). The van der Waals surface area contributed by atoms with Gasteiger partial charge in [0.1, 0.15) is 11.8 Å². The zero-order valence-electron chi connectivity index (χ0n) is 10.3. The van der Waals surface area contributed by atoms with Gasteiger partial charge in [-0.15, -0.1) is 0 Å². The minimum absolute atomic E-state index is 0.112. The molecule has 1 aliphatic heterocycles. The van der Waals surface area contributed by atoms with Gasteiger partial charge in [0.15, 0.2) is 0 Å². The van der Waals surface area contributed by atoms with Gasteiger partial charge in [-0.25, -0.2) is 0 Å². The molecule has 0 bridgehead atoms. The number of carbonyl (C=O) groups excluding carboxylic acids is 2. The van der Waals surface area contributed by atoms with Crippen LogP contribution in [-0.2, 0) is 9.59 Å². The molecular weight excluding hydrogens is 315 g/mol. The lowest BCUT2D eigenvalue weighted by atomic mass is 9.83. The van der Waals surface area contributed by atoms with Gasteiger partial charge in [-0.3, -0.25) is 14.3 Å². The van der Waals surface area contributed by atoms with Crippen LogP contribution in [0.2, 0.25) is 0 Å². The summed E-state index contributed by atoms with van der Waals surface area (Å²) in [5.74, 6) is 0.520. The summed E-state index contributed by atoms with van der Waals surface area (Å²) in [6, 6.07) is -0.340. The Morgan fingerprint density at radius 2 is 2.11 bits per heavy atom. The number of hydrogen-bond acceptors (Lipinski definition) is 3. The monoisotopic (exact) mass is 332 g/mol. The third-order valence-electron chi connectivity index (χ3n) is 3.88. The fourth-order valence-corrected chi connectivity index (χ4v) is 3.80. The Kier molecular flexibility index (Phi) is 4.91. The first kappa shape index (κ1) is 14.1. The molecule has 0 aromatic carbocycles. The maximum absolute atomic E-state index is 12.4. The molecule has 18 heavy (non-hydrogen) atoms. The molecule has 0 N–H and O–H groups in total. The zero-order valence-corrected chi connectivity index (χ0v) is 12.9. The van der Waals surface area contributed by atoms with E-state index in [-0.39, 0.29) is 28.5 Å². The van der Waals surface area contributed by atoms with Gasteiger partial charge in [-0.1, -0.05) is 15.9 Å². The number of carbonyl (C=O) groups is 2. The normalized spacial score (nSPS) is 30.3. The highest BCUT2D eigenvalue weighted by atomic mass is 79.9. The van der Waals surface area contributed by atoms with E-state index in [1.165, 1.54) is 0 Å². The van der Waals surface area contributed by atoms with E-state index in [4.69, 9.17) is 0 Å². The highest BCUT2D eigenvalue weighted by Gasteiger charge is 2.37. The average molecular weight is 333 g/mol. The summed E-state index contributed by atoms with van der Waals surface area (Å²) < 4.78 is 4.10. The Balaban J connectivity index is 2.01. The molecule has 0 aromatic rings. The molecule has 6 heteroatoms. The third kappa shape index (κ3) is 3.00. The molecule has 1 aliphatic carbocycles. The van der Waals surface area contributed by atoms with E-state index in [1.807, 2.05) is 4.90 Å². The number of Topliss-reactive ketones (excluding diaryl/α,β-unsaturated/α-hetero) is 1. The molecule has 100 valence electrons. The largest absolute Gasteiger partial charge is 0.341 e. The molecule has 1 saturated carbocycles. The minimum Gasteiger partial charge on any atom is -0.341 e. The van der Waals surface area contributed by atoms with Crippen molar-refractivity contribution in [1.82, 2.24) is 4.90 Å². The van der Waals surface area contributed by atoms with E-state index >= 15 is 0 Å². The topological polar surface area (TPSA) is 49.7 Å². The first-order valence-corrected chi connectivity index (χ1v) is 7.82. The second-order valence-corrected chi connectivity index (χ2v) is 6.44. The fourth-order valence-electron chi connectivity index (χ4n) is 2.77. The Bertz CT molecular complexity index is 358. The van der Waals surface area contributed by atoms with E-state index in [0.717, 1.165) is 32.4 Å². The van der Waals surface area contributed by atoms with Crippen LogP contribution >= 0.6 is 25.0 Å². The second-order valence-electron chi connectivity index (χ2n) is 5.07. The summed E-state index contributed by atoms with van der Waals surface area (Å²) in [7, 11) is 3.16. The number of hydrogen-bond donors (Lipinski definition) is 0. The lowest BCUT2D eigenvalue weighted by Gasteiger charge is -2.30. The number of halogens is 1. The van der Waals surface area contributed by atoms with Crippen LogP contribution in [0.15, 0.2) is 4.74 Å². The van der Waals surface area contributed by atoms with Crippen LogP contribution in [-0.4, -0.2) is 40.5 Å². The number of likely N-dealkylation sites (tertiary alicyclic amines) is 1. The SMILES string of the molecule is O=C1CCC(C(N=P)C(=O)N2CCCC2)CC1Br. The van der Waals surface area contributed by atoms with Crippen LogP contribution in [0.3, 0.4) is 0 Å². The van der Waals surface area contributed by atoms with Gasteiger partial charge >= 0.3 is 0 Å². The molecule has 0 spiro atoms. The Morgan fingerprint density at radius 1 is 1.44 bits per heavy atom. The average Bonchev–Trinajstić information content (AvgIpc) is 2.88. The van der Waals surface area contributed by atoms with E-state index in [0.29, 0.717) is 12.8 Å². The fraction of sp³-hybridized carbons (Fsp3) is 0.833. The summed E-state index contributed by atoms with van der Waals surface area (Å²) in [5.41, 5.74) is 0. The number of alkyl halides is 1. The molecule has 1 amide bonds. The summed E-state index contributed by atoms with van der Waals surface area (Å²) in [6.07, 6.45) is 4.19. The highest BCUT2D eigenvalue weighted by molar-refractivity contribution is 9.10. The van der Waals surface area contributed by atoms with Gasteiger partial charge in [0.25, 0.3) is 0 Å². The van der Waals surface area contributed by atoms with Crippen molar-refractivity contribution in [3.8, 4) is 0 Å². The number of nitrogens with zero attached hydrogens (tertiary/aromatic N) is 2. The van der Waals surface area contributed by atoms with Crippen molar-refractivity contribution in [2.75, 3.05) is 13.1 Å². The Hall–Kier alpha value is -0.280. The first-order valence-electron chi connectivity index (χ1n) is 6.45. The zero-order chi connectivity index (χ0) is 13.1. The minimum atomic E-state index is -0.340.